The Morgan fingerprint density at radius 1 is 0.528 bits per heavy atom. The van der Waals surface area contributed by atoms with Crippen LogP contribution in [0.1, 0.15) is 0 Å². The van der Waals surface area contributed by atoms with Gasteiger partial charge in [0.05, 0.1) is 11.4 Å². The highest BCUT2D eigenvalue weighted by Gasteiger charge is 2.18. The van der Waals surface area contributed by atoms with Crippen LogP contribution in [0.25, 0.3) is 0 Å². The van der Waals surface area contributed by atoms with Crippen molar-refractivity contribution in [2.45, 2.75) is 0 Å². The van der Waals surface area contributed by atoms with E-state index < -0.39 is 0 Å². The first-order valence-corrected chi connectivity index (χ1v) is 12.1. The summed E-state index contributed by atoms with van der Waals surface area (Å²) in [5.74, 6) is 1.28. The van der Waals surface area contributed by atoms with Gasteiger partial charge in [-0.2, -0.15) is 0 Å². The Kier molecular flexibility index (Phi) is 8.33. The van der Waals surface area contributed by atoms with Crippen molar-refractivity contribution in [2.24, 2.45) is 11.5 Å². The van der Waals surface area contributed by atoms with Crippen LogP contribution in [0, 0.1) is 0 Å². The standard InChI is InChI=1S/C28H26N4O2S2/c29-27(35)31(21-11-3-1-4-12-21)23-15-7-9-17-25(23)33-19-20-34-26-18-10-8-16-24(26)32(28(30)36)22-13-5-2-6-14-22/h1-18H,19-20H2,(H2,29,35)(H2,30,36). The van der Waals surface area contributed by atoms with Gasteiger partial charge in [0.25, 0.3) is 0 Å². The molecule has 0 spiro atoms. The van der Waals surface area contributed by atoms with Gasteiger partial charge in [0.2, 0.25) is 0 Å². The van der Waals surface area contributed by atoms with E-state index in [1.165, 1.54) is 0 Å². The highest BCUT2D eigenvalue weighted by atomic mass is 32.1. The fourth-order valence-corrected chi connectivity index (χ4v) is 4.16. The van der Waals surface area contributed by atoms with E-state index in [1.54, 1.807) is 9.80 Å². The van der Waals surface area contributed by atoms with E-state index in [9.17, 15) is 0 Å². The number of rotatable bonds is 9. The summed E-state index contributed by atoms with van der Waals surface area (Å²) >= 11 is 10.7. The van der Waals surface area contributed by atoms with Gasteiger partial charge in [-0.15, -0.1) is 0 Å². The van der Waals surface area contributed by atoms with Gasteiger partial charge in [-0.05, 0) is 73.0 Å². The van der Waals surface area contributed by atoms with Gasteiger partial charge < -0.3 is 20.9 Å². The number of para-hydroxylation sites is 6. The van der Waals surface area contributed by atoms with Gasteiger partial charge in [-0.3, -0.25) is 9.80 Å². The van der Waals surface area contributed by atoms with E-state index in [-0.39, 0.29) is 10.2 Å². The normalized spacial score (nSPS) is 10.3. The zero-order valence-corrected chi connectivity index (χ0v) is 21.1. The summed E-state index contributed by atoms with van der Waals surface area (Å²) < 4.78 is 12.2. The molecule has 4 N–H and O–H groups in total. The molecule has 0 aliphatic carbocycles. The minimum absolute atomic E-state index is 0.223. The van der Waals surface area contributed by atoms with E-state index in [2.05, 4.69) is 0 Å². The molecule has 0 aliphatic heterocycles. The molecule has 0 fully saturated rings. The van der Waals surface area contributed by atoms with E-state index >= 15 is 0 Å². The molecule has 0 heterocycles. The van der Waals surface area contributed by atoms with Gasteiger partial charge in [-0.1, -0.05) is 60.7 Å². The molecule has 0 saturated carbocycles. The Hall–Kier alpha value is -4.14. The number of nitrogens with two attached hydrogens (primary N) is 2. The first-order chi connectivity index (χ1) is 17.6. The van der Waals surface area contributed by atoms with Crippen LogP contribution in [0.4, 0.5) is 22.7 Å². The number of hydrogen-bond acceptors (Lipinski definition) is 4. The molecule has 0 atom stereocenters. The van der Waals surface area contributed by atoms with Crippen LogP contribution in [0.3, 0.4) is 0 Å². The third-order valence-corrected chi connectivity index (χ3v) is 5.65. The average Bonchev–Trinajstić information content (AvgIpc) is 2.89. The minimum Gasteiger partial charge on any atom is -0.488 e. The zero-order valence-electron chi connectivity index (χ0n) is 19.5. The van der Waals surface area contributed by atoms with Crippen molar-refractivity contribution >= 4 is 57.4 Å². The van der Waals surface area contributed by atoms with Crippen LogP contribution < -0.4 is 30.7 Å². The summed E-state index contributed by atoms with van der Waals surface area (Å²) in [6, 6.07) is 34.6. The summed E-state index contributed by atoms with van der Waals surface area (Å²) in [5.41, 5.74) is 15.3. The van der Waals surface area contributed by atoms with Gasteiger partial charge >= 0.3 is 0 Å². The number of ether oxygens (including phenoxy) is 2. The molecule has 0 bridgehead atoms. The summed E-state index contributed by atoms with van der Waals surface area (Å²) in [4.78, 5) is 3.56. The van der Waals surface area contributed by atoms with Crippen molar-refractivity contribution in [2.75, 3.05) is 23.0 Å². The molecular formula is C28H26N4O2S2. The molecule has 4 aromatic rings. The minimum atomic E-state index is 0.223. The maximum absolute atomic E-state index is 6.10. The lowest BCUT2D eigenvalue weighted by molar-refractivity contribution is 0.218. The van der Waals surface area contributed by atoms with E-state index in [0.29, 0.717) is 24.7 Å². The third kappa shape index (κ3) is 5.91. The van der Waals surface area contributed by atoms with Gasteiger partial charge in [0, 0.05) is 11.4 Å². The first kappa shape index (κ1) is 25.0. The summed E-state index contributed by atoms with van der Waals surface area (Å²) in [5, 5.41) is 0.447. The summed E-state index contributed by atoms with van der Waals surface area (Å²) in [7, 11) is 0. The largest absolute Gasteiger partial charge is 0.488 e. The molecule has 4 rings (SSSR count). The second-order valence-electron chi connectivity index (χ2n) is 7.65. The van der Waals surface area contributed by atoms with Crippen LogP contribution in [-0.4, -0.2) is 23.4 Å². The van der Waals surface area contributed by atoms with E-state index in [1.807, 2.05) is 109 Å². The number of anilines is 4. The van der Waals surface area contributed by atoms with Crippen LogP contribution >= 0.6 is 24.4 Å². The van der Waals surface area contributed by atoms with E-state index in [0.717, 1.165) is 22.7 Å². The fraction of sp³-hybridized carbons (Fsp3) is 0.0714. The van der Waals surface area contributed by atoms with Crippen LogP contribution in [0.15, 0.2) is 109 Å². The second kappa shape index (κ2) is 12.0. The number of benzene rings is 4. The number of nitrogens with zero attached hydrogens (tertiary/aromatic N) is 2. The molecule has 0 saturated heterocycles. The van der Waals surface area contributed by atoms with E-state index in [4.69, 9.17) is 45.4 Å². The molecule has 0 radical (unpaired) electrons. The molecule has 36 heavy (non-hydrogen) atoms. The fourth-order valence-electron chi connectivity index (χ4n) is 3.76. The maximum Gasteiger partial charge on any atom is 0.175 e. The molecule has 0 aromatic heterocycles. The molecule has 6 nitrogen and oxygen atoms in total. The lowest BCUT2D eigenvalue weighted by atomic mass is 10.2. The van der Waals surface area contributed by atoms with Crippen molar-refractivity contribution in [3.8, 4) is 11.5 Å². The summed E-state index contributed by atoms with van der Waals surface area (Å²) in [6.07, 6.45) is 0. The second-order valence-corrected chi connectivity index (χ2v) is 8.49. The van der Waals surface area contributed by atoms with Crippen molar-refractivity contribution < 1.29 is 9.47 Å². The van der Waals surface area contributed by atoms with Crippen LogP contribution in [0.2, 0.25) is 0 Å². The van der Waals surface area contributed by atoms with Crippen LogP contribution in [0.5, 0.6) is 11.5 Å². The molecule has 0 aliphatic rings. The first-order valence-electron chi connectivity index (χ1n) is 11.3. The summed E-state index contributed by atoms with van der Waals surface area (Å²) in [6.45, 7) is 0.591. The highest BCUT2D eigenvalue weighted by molar-refractivity contribution is 7.80. The SMILES string of the molecule is NC(=S)N(c1ccccc1)c1ccccc1OCCOc1ccccc1N(C(N)=S)c1ccccc1. The monoisotopic (exact) mass is 514 g/mol. The highest BCUT2D eigenvalue weighted by Crippen LogP contribution is 2.35. The maximum atomic E-state index is 6.10. The molecule has 0 amide bonds. The Morgan fingerprint density at radius 3 is 1.22 bits per heavy atom. The molecular weight excluding hydrogens is 488 g/mol. The molecule has 8 heteroatoms. The van der Waals surface area contributed by atoms with Gasteiger partial charge in [0.1, 0.15) is 24.7 Å². The zero-order chi connectivity index (χ0) is 25.3. The number of hydrogen-bond donors (Lipinski definition) is 2. The quantitative estimate of drug-likeness (QED) is 0.211. The number of thiocarbonyl (C=S) groups is 2. The van der Waals surface area contributed by atoms with Crippen LogP contribution in [-0.2, 0) is 0 Å². The molecule has 4 aromatic carbocycles. The van der Waals surface area contributed by atoms with Crippen molar-refractivity contribution in [1.82, 2.24) is 0 Å². The lowest BCUT2D eigenvalue weighted by Crippen LogP contribution is -2.31. The molecule has 0 unspecified atom stereocenters. The predicted octanol–water partition coefficient (Wildman–Crippen LogP) is 5.91. The topological polar surface area (TPSA) is 77.0 Å². The van der Waals surface area contributed by atoms with Crippen molar-refractivity contribution in [3.05, 3.63) is 109 Å². The predicted molar refractivity (Wildman–Crippen MR) is 155 cm³/mol. The van der Waals surface area contributed by atoms with Crippen molar-refractivity contribution in [3.63, 3.8) is 0 Å². The Morgan fingerprint density at radius 2 is 0.861 bits per heavy atom. The van der Waals surface area contributed by atoms with Gasteiger partial charge in [-0.25, -0.2) is 0 Å². The van der Waals surface area contributed by atoms with Gasteiger partial charge in [0.15, 0.2) is 10.2 Å². The average molecular weight is 515 g/mol. The Labute approximate surface area is 221 Å². The van der Waals surface area contributed by atoms with Crippen molar-refractivity contribution in [1.29, 1.82) is 0 Å². The molecule has 182 valence electrons. The smallest absolute Gasteiger partial charge is 0.175 e. The Bertz CT molecular complexity index is 1220. The third-order valence-electron chi connectivity index (χ3n) is 5.28. The lowest BCUT2D eigenvalue weighted by Gasteiger charge is -2.26. The Balaban J connectivity index is 1.49.